The second-order valence-corrected chi connectivity index (χ2v) is 7.77. The summed E-state index contributed by atoms with van der Waals surface area (Å²) in [7, 11) is 0. The molecule has 0 saturated carbocycles. The van der Waals surface area contributed by atoms with Crippen molar-refractivity contribution in [2.24, 2.45) is 0 Å². The molecule has 0 radical (unpaired) electrons. The molecule has 4 nitrogen and oxygen atoms in total. The maximum atomic E-state index is 12.4. The average molecular weight is 386 g/mol. The first-order chi connectivity index (χ1) is 11.1. The van der Waals surface area contributed by atoms with Gasteiger partial charge in [0.05, 0.1) is 16.6 Å². The van der Waals surface area contributed by atoms with Crippen LogP contribution in [0.5, 0.6) is 0 Å². The second-order valence-electron chi connectivity index (χ2n) is 4.74. The SMILES string of the molecule is CCN(Cc1ccc(Cl)s1)C(=O)/C=C/c1c(Cl)nc2sccn12. The van der Waals surface area contributed by atoms with Crippen molar-refractivity contribution in [2.75, 3.05) is 6.54 Å². The van der Waals surface area contributed by atoms with Gasteiger partial charge in [0.15, 0.2) is 10.1 Å². The largest absolute Gasteiger partial charge is 0.334 e. The Balaban J connectivity index is 1.76. The highest BCUT2D eigenvalue weighted by Gasteiger charge is 2.12. The summed E-state index contributed by atoms with van der Waals surface area (Å²) in [5.41, 5.74) is 0.714. The topological polar surface area (TPSA) is 37.6 Å². The van der Waals surface area contributed by atoms with E-state index >= 15 is 0 Å². The molecule has 0 aromatic carbocycles. The van der Waals surface area contributed by atoms with E-state index in [2.05, 4.69) is 4.98 Å². The molecular formula is C15H13Cl2N3OS2. The number of aromatic nitrogens is 2. The van der Waals surface area contributed by atoms with Crippen molar-refractivity contribution in [3.63, 3.8) is 0 Å². The van der Waals surface area contributed by atoms with E-state index in [1.165, 1.54) is 28.7 Å². The number of hydrogen-bond acceptors (Lipinski definition) is 4. The number of fused-ring (bicyclic) bond motifs is 1. The molecule has 0 aliphatic carbocycles. The fraction of sp³-hybridized carbons (Fsp3) is 0.200. The lowest BCUT2D eigenvalue weighted by molar-refractivity contribution is -0.126. The highest BCUT2D eigenvalue weighted by atomic mass is 35.5. The zero-order valence-corrected chi connectivity index (χ0v) is 15.3. The van der Waals surface area contributed by atoms with Crippen LogP contribution in [0.15, 0.2) is 29.8 Å². The molecule has 0 aliphatic heterocycles. The molecule has 0 N–H and O–H groups in total. The van der Waals surface area contributed by atoms with E-state index in [1.54, 1.807) is 11.0 Å². The van der Waals surface area contributed by atoms with Crippen LogP contribution in [-0.4, -0.2) is 26.7 Å². The first-order valence-corrected chi connectivity index (χ1v) is 9.36. The maximum absolute atomic E-state index is 12.4. The third kappa shape index (κ3) is 3.61. The lowest BCUT2D eigenvalue weighted by Gasteiger charge is -2.18. The van der Waals surface area contributed by atoms with Crippen LogP contribution in [0.2, 0.25) is 9.49 Å². The van der Waals surface area contributed by atoms with Crippen LogP contribution < -0.4 is 0 Å². The standard InChI is InChI=1S/C15H13Cl2N3OS2/c1-2-19(9-10-3-5-12(16)23-10)13(21)6-4-11-14(17)18-15-20(11)7-8-22-15/h3-8H,2,9H2,1H3/b6-4+. The molecule has 3 rings (SSSR count). The van der Waals surface area contributed by atoms with Crippen LogP contribution in [0.1, 0.15) is 17.5 Å². The van der Waals surface area contributed by atoms with Crippen molar-refractivity contribution in [1.82, 2.24) is 14.3 Å². The van der Waals surface area contributed by atoms with E-state index in [9.17, 15) is 4.79 Å². The van der Waals surface area contributed by atoms with E-state index in [-0.39, 0.29) is 5.91 Å². The number of rotatable bonds is 5. The maximum Gasteiger partial charge on any atom is 0.246 e. The lowest BCUT2D eigenvalue weighted by atomic mass is 10.3. The van der Waals surface area contributed by atoms with E-state index < -0.39 is 0 Å². The minimum Gasteiger partial charge on any atom is -0.334 e. The van der Waals surface area contributed by atoms with Gasteiger partial charge in [0.2, 0.25) is 5.91 Å². The Morgan fingerprint density at radius 3 is 2.96 bits per heavy atom. The molecule has 0 saturated heterocycles. The van der Waals surface area contributed by atoms with Gasteiger partial charge in [-0.1, -0.05) is 23.2 Å². The van der Waals surface area contributed by atoms with Gasteiger partial charge >= 0.3 is 0 Å². The van der Waals surface area contributed by atoms with Gasteiger partial charge in [0.25, 0.3) is 0 Å². The Bertz CT molecular complexity index is 865. The first-order valence-electron chi connectivity index (χ1n) is 6.90. The number of carbonyl (C=O) groups is 1. The summed E-state index contributed by atoms with van der Waals surface area (Å²) >= 11 is 15.0. The molecule has 0 fully saturated rings. The van der Waals surface area contributed by atoms with Gasteiger partial charge in [-0.15, -0.1) is 22.7 Å². The van der Waals surface area contributed by atoms with Crippen molar-refractivity contribution < 1.29 is 4.79 Å². The molecule has 120 valence electrons. The molecular weight excluding hydrogens is 373 g/mol. The summed E-state index contributed by atoms with van der Waals surface area (Å²) in [5.74, 6) is -0.0710. The Labute approximate surface area is 151 Å². The number of nitrogens with zero attached hydrogens (tertiary/aromatic N) is 3. The number of carbonyl (C=O) groups excluding carboxylic acids is 1. The minimum absolute atomic E-state index is 0.0710. The predicted molar refractivity (Wildman–Crippen MR) is 97.5 cm³/mol. The van der Waals surface area contributed by atoms with Gasteiger partial charge in [0.1, 0.15) is 0 Å². The number of hydrogen-bond donors (Lipinski definition) is 0. The molecule has 3 heterocycles. The number of imidazole rings is 1. The highest BCUT2D eigenvalue weighted by Crippen LogP contribution is 2.24. The predicted octanol–water partition coefficient (Wildman–Crippen LogP) is 4.83. The van der Waals surface area contributed by atoms with Gasteiger partial charge < -0.3 is 4.90 Å². The lowest BCUT2D eigenvalue weighted by Crippen LogP contribution is -2.28. The fourth-order valence-electron chi connectivity index (χ4n) is 2.15. The minimum atomic E-state index is -0.0710. The van der Waals surface area contributed by atoms with Crippen LogP contribution in [0.4, 0.5) is 0 Å². The Kier molecular flexibility index (Phi) is 5.06. The first kappa shape index (κ1) is 16.5. The smallest absolute Gasteiger partial charge is 0.246 e. The molecule has 3 aromatic heterocycles. The van der Waals surface area contributed by atoms with E-state index in [0.717, 1.165) is 14.2 Å². The Morgan fingerprint density at radius 2 is 2.26 bits per heavy atom. The molecule has 0 atom stereocenters. The van der Waals surface area contributed by atoms with Gasteiger partial charge in [-0.2, -0.15) is 0 Å². The van der Waals surface area contributed by atoms with Crippen LogP contribution in [-0.2, 0) is 11.3 Å². The third-order valence-corrected chi connectivity index (χ3v) is 5.56. The fourth-order valence-corrected chi connectivity index (χ4v) is 4.26. The van der Waals surface area contributed by atoms with E-state index in [4.69, 9.17) is 23.2 Å². The Hall–Kier alpha value is -1.34. The van der Waals surface area contributed by atoms with Gasteiger partial charge in [-0.05, 0) is 25.1 Å². The summed E-state index contributed by atoms with van der Waals surface area (Å²) < 4.78 is 2.59. The van der Waals surface area contributed by atoms with Crippen LogP contribution >= 0.6 is 45.9 Å². The van der Waals surface area contributed by atoms with Crippen LogP contribution in [0.25, 0.3) is 11.0 Å². The molecule has 23 heavy (non-hydrogen) atoms. The van der Waals surface area contributed by atoms with Crippen LogP contribution in [0, 0.1) is 0 Å². The summed E-state index contributed by atoms with van der Waals surface area (Å²) in [5, 5.41) is 2.32. The average Bonchev–Trinajstić information content (AvgIpc) is 3.19. The normalized spacial score (nSPS) is 11.6. The summed E-state index contributed by atoms with van der Waals surface area (Å²) in [4.78, 5) is 20.3. The quantitative estimate of drug-likeness (QED) is 0.590. The number of likely N-dealkylation sites (N-methyl/N-ethyl adjacent to an activating group) is 1. The van der Waals surface area contributed by atoms with Gasteiger partial charge in [-0.3, -0.25) is 9.20 Å². The monoisotopic (exact) mass is 385 g/mol. The summed E-state index contributed by atoms with van der Waals surface area (Å²) in [6, 6.07) is 3.78. The van der Waals surface area contributed by atoms with E-state index in [1.807, 2.05) is 35.0 Å². The van der Waals surface area contributed by atoms with Crippen molar-refractivity contribution in [3.8, 4) is 0 Å². The zero-order valence-electron chi connectivity index (χ0n) is 12.2. The van der Waals surface area contributed by atoms with Crippen molar-refractivity contribution in [1.29, 1.82) is 0 Å². The van der Waals surface area contributed by atoms with E-state index in [0.29, 0.717) is 23.9 Å². The van der Waals surface area contributed by atoms with Crippen molar-refractivity contribution in [2.45, 2.75) is 13.5 Å². The summed E-state index contributed by atoms with van der Waals surface area (Å²) in [6.07, 6.45) is 5.13. The van der Waals surface area contributed by atoms with Crippen molar-refractivity contribution >= 4 is 62.8 Å². The summed E-state index contributed by atoms with van der Waals surface area (Å²) in [6.45, 7) is 3.11. The molecule has 3 aromatic rings. The second kappa shape index (κ2) is 7.05. The number of halogens is 2. The molecule has 0 bridgehead atoms. The van der Waals surface area contributed by atoms with Gasteiger partial charge in [-0.25, -0.2) is 4.98 Å². The molecule has 0 unspecified atom stereocenters. The number of thiophene rings is 1. The Morgan fingerprint density at radius 1 is 1.43 bits per heavy atom. The highest BCUT2D eigenvalue weighted by molar-refractivity contribution is 7.16. The molecule has 8 heteroatoms. The van der Waals surface area contributed by atoms with Crippen LogP contribution in [0.3, 0.4) is 0 Å². The molecule has 1 amide bonds. The molecule has 0 aliphatic rings. The zero-order chi connectivity index (χ0) is 16.4. The number of thiazole rings is 1. The number of amides is 1. The van der Waals surface area contributed by atoms with Gasteiger partial charge in [0, 0.05) is 29.1 Å². The van der Waals surface area contributed by atoms with Crippen molar-refractivity contribution in [3.05, 3.63) is 49.8 Å². The molecule has 0 spiro atoms. The third-order valence-electron chi connectivity index (χ3n) is 3.31.